The van der Waals surface area contributed by atoms with Crippen molar-refractivity contribution in [2.75, 3.05) is 27.2 Å². The van der Waals surface area contributed by atoms with Gasteiger partial charge in [0.25, 0.3) is 5.91 Å². The first-order chi connectivity index (χ1) is 13.8. The Balaban J connectivity index is 1.81. The highest BCUT2D eigenvalue weighted by atomic mass is 32.2. The van der Waals surface area contributed by atoms with E-state index in [4.69, 9.17) is 4.74 Å². The van der Waals surface area contributed by atoms with Crippen molar-refractivity contribution in [1.82, 2.24) is 9.21 Å². The molecule has 0 atom stereocenters. The molecule has 1 aliphatic rings. The minimum atomic E-state index is -3.97. The van der Waals surface area contributed by atoms with Crippen LogP contribution in [0.2, 0.25) is 0 Å². The molecule has 29 heavy (non-hydrogen) atoms. The molecular weight excluding hydrogens is 395 g/mol. The molecule has 8 heteroatoms. The Morgan fingerprint density at radius 3 is 2.38 bits per heavy atom. The van der Waals surface area contributed by atoms with Crippen LogP contribution in [0, 0.1) is 5.82 Å². The standard InChI is InChI=1S/C21H25FN2O4S/c1-23(15-16-6-9-18(28-2)10-7-16)21(25)17-8-11-19(22)20(14-17)29(26,27)24-12-4-3-5-13-24/h6-11,14H,3-5,12-13,15H2,1-2H3. The van der Waals surface area contributed by atoms with Gasteiger partial charge >= 0.3 is 0 Å². The van der Waals surface area contributed by atoms with Gasteiger partial charge in [-0.05, 0) is 48.7 Å². The number of methoxy groups -OCH3 is 1. The van der Waals surface area contributed by atoms with Crippen LogP contribution in [0.3, 0.4) is 0 Å². The number of halogens is 1. The van der Waals surface area contributed by atoms with Gasteiger partial charge in [-0.2, -0.15) is 4.31 Å². The summed E-state index contributed by atoms with van der Waals surface area (Å²) < 4.78 is 46.5. The first kappa shape index (κ1) is 21.3. The number of hydrogen-bond donors (Lipinski definition) is 0. The number of sulfonamides is 1. The highest BCUT2D eigenvalue weighted by Crippen LogP contribution is 2.24. The number of hydrogen-bond acceptors (Lipinski definition) is 4. The number of ether oxygens (including phenoxy) is 1. The summed E-state index contributed by atoms with van der Waals surface area (Å²) in [5.41, 5.74) is 1.03. The molecule has 1 saturated heterocycles. The van der Waals surface area contributed by atoms with E-state index in [0.717, 1.165) is 37.0 Å². The summed E-state index contributed by atoms with van der Waals surface area (Å²) in [4.78, 5) is 13.8. The molecule has 1 amide bonds. The van der Waals surface area contributed by atoms with Crippen LogP contribution in [0.1, 0.15) is 35.2 Å². The zero-order chi connectivity index (χ0) is 21.0. The SMILES string of the molecule is COc1ccc(CN(C)C(=O)c2ccc(F)c(S(=O)(=O)N3CCCCC3)c2)cc1. The Bertz CT molecular complexity index is 971. The van der Waals surface area contributed by atoms with Crippen LogP contribution in [0.15, 0.2) is 47.4 Å². The van der Waals surface area contributed by atoms with E-state index in [2.05, 4.69) is 0 Å². The van der Waals surface area contributed by atoms with E-state index in [1.165, 1.54) is 15.3 Å². The van der Waals surface area contributed by atoms with Gasteiger partial charge in [0.15, 0.2) is 0 Å². The lowest BCUT2D eigenvalue weighted by Crippen LogP contribution is -2.36. The van der Waals surface area contributed by atoms with Crippen molar-refractivity contribution in [1.29, 1.82) is 0 Å². The number of nitrogens with zero attached hydrogens (tertiary/aromatic N) is 2. The Kier molecular flexibility index (Phi) is 6.54. The lowest BCUT2D eigenvalue weighted by atomic mass is 10.1. The van der Waals surface area contributed by atoms with Crippen molar-refractivity contribution >= 4 is 15.9 Å². The second-order valence-electron chi connectivity index (χ2n) is 7.12. The van der Waals surface area contributed by atoms with Crippen molar-refractivity contribution < 1.29 is 22.3 Å². The van der Waals surface area contributed by atoms with E-state index in [0.29, 0.717) is 25.4 Å². The average Bonchev–Trinajstić information content (AvgIpc) is 2.74. The smallest absolute Gasteiger partial charge is 0.253 e. The Hall–Kier alpha value is -2.45. The third kappa shape index (κ3) is 4.76. The molecule has 1 aliphatic heterocycles. The monoisotopic (exact) mass is 420 g/mol. The predicted molar refractivity (Wildman–Crippen MR) is 108 cm³/mol. The highest BCUT2D eigenvalue weighted by molar-refractivity contribution is 7.89. The maximum atomic E-state index is 14.4. The van der Waals surface area contributed by atoms with Crippen molar-refractivity contribution in [2.45, 2.75) is 30.7 Å². The molecule has 1 fully saturated rings. The predicted octanol–water partition coefficient (Wildman–Crippen LogP) is 3.28. The van der Waals surface area contributed by atoms with E-state index in [1.54, 1.807) is 26.3 Å². The van der Waals surface area contributed by atoms with Gasteiger partial charge in [0, 0.05) is 32.2 Å². The van der Waals surface area contributed by atoms with Crippen LogP contribution in [-0.4, -0.2) is 50.8 Å². The second-order valence-corrected chi connectivity index (χ2v) is 9.03. The molecule has 0 aromatic heterocycles. The molecule has 0 saturated carbocycles. The van der Waals surface area contributed by atoms with Crippen LogP contribution >= 0.6 is 0 Å². The zero-order valence-electron chi connectivity index (χ0n) is 16.6. The lowest BCUT2D eigenvalue weighted by molar-refractivity contribution is 0.0784. The van der Waals surface area contributed by atoms with Crippen LogP contribution < -0.4 is 4.74 Å². The van der Waals surface area contributed by atoms with E-state index >= 15 is 0 Å². The van der Waals surface area contributed by atoms with Gasteiger partial charge in [0.2, 0.25) is 10.0 Å². The van der Waals surface area contributed by atoms with Crippen LogP contribution in [0.5, 0.6) is 5.75 Å². The first-order valence-electron chi connectivity index (χ1n) is 9.51. The fourth-order valence-corrected chi connectivity index (χ4v) is 4.98. The third-order valence-electron chi connectivity index (χ3n) is 5.04. The van der Waals surface area contributed by atoms with Crippen LogP contribution in [0.4, 0.5) is 4.39 Å². The topological polar surface area (TPSA) is 66.9 Å². The molecule has 2 aromatic rings. The van der Waals surface area contributed by atoms with E-state index < -0.39 is 20.7 Å². The maximum Gasteiger partial charge on any atom is 0.253 e. The number of carbonyl (C=O) groups is 1. The van der Waals surface area contributed by atoms with Crippen LogP contribution in [-0.2, 0) is 16.6 Å². The van der Waals surface area contributed by atoms with Gasteiger partial charge < -0.3 is 9.64 Å². The van der Waals surface area contributed by atoms with Crippen molar-refractivity contribution in [2.24, 2.45) is 0 Å². The highest BCUT2D eigenvalue weighted by Gasteiger charge is 2.29. The average molecular weight is 421 g/mol. The number of piperidine rings is 1. The minimum absolute atomic E-state index is 0.137. The van der Waals surface area contributed by atoms with E-state index in [-0.39, 0.29) is 11.5 Å². The Morgan fingerprint density at radius 2 is 1.76 bits per heavy atom. The van der Waals surface area contributed by atoms with Gasteiger partial charge in [0.1, 0.15) is 16.5 Å². The van der Waals surface area contributed by atoms with Crippen molar-refractivity contribution in [3.63, 3.8) is 0 Å². The zero-order valence-corrected chi connectivity index (χ0v) is 17.4. The summed E-state index contributed by atoms with van der Waals surface area (Å²) in [6, 6.07) is 10.8. The largest absolute Gasteiger partial charge is 0.497 e. The first-order valence-corrected chi connectivity index (χ1v) is 10.9. The third-order valence-corrected chi connectivity index (χ3v) is 6.95. The summed E-state index contributed by atoms with van der Waals surface area (Å²) in [5.74, 6) is -0.505. The second kappa shape index (κ2) is 8.92. The number of rotatable bonds is 6. The fraction of sp³-hybridized carbons (Fsp3) is 0.381. The molecule has 1 heterocycles. The molecule has 0 radical (unpaired) electrons. The molecule has 156 valence electrons. The fourth-order valence-electron chi connectivity index (χ4n) is 3.38. The summed E-state index contributed by atoms with van der Waals surface area (Å²) in [6.07, 6.45) is 2.47. The summed E-state index contributed by atoms with van der Waals surface area (Å²) >= 11 is 0. The van der Waals surface area contributed by atoms with Gasteiger partial charge in [-0.25, -0.2) is 12.8 Å². The molecular formula is C21H25FN2O4S. The van der Waals surface area contributed by atoms with E-state index in [1.807, 2.05) is 12.1 Å². The normalized spacial score (nSPS) is 15.1. The van der Waals surface area contributed by atoms with Crippen LogP contribution in [0.25, 0.3) is 0 Å². The number of benzene rings is 2. The number of amides is 1. The molecule has 0 N–H and O–H groups in total. The lowest BCUT2D eigenvalue weighted by Gasteiger charge is -2.26. The minimum Gasteiger partial charge on any atom is -0.497 e. The molecule has 6 nitrogen and oxygen atoms in total. The Labute approximate surface area is 170 Å². The molecule has 0 spiro atoms. The molecule has 0 bridgehead atoms. The summed E-state index contributed by atoms with van der Waals surface area (Å²) in [7, 11) is -0.769. The van der Waals surface area contributed by atoms with Gasteiger partial charge in [-0.3, -0.25) is 4.79 Å². The van der Waals surface area contributed by atoms with Gasteiger partial charge in [0.05, 0.1) is 7.11 Å². The van der Waals surface area contributed by atoms with Crippen molar-refractivity contribution in [3.05, 3.63) is 59.4 Å². The Morgan fingerprint density at radius 1 is 1.10 bits per heavy atom. The summed E-state index contributed by atoms with van der Waals surface area (Å²) in [5, 5.41) is 0. The maximum absolute atomic E-state index is 14.4. The molecule has 3 rings (SSSR count). The van der Waals surface area contributed by atoms with Gasteiger partial charge in [-0.15, -0.1) is 0 Å². The summed E-state index contributed by atoms with van der Waals surface area (Å²) in [6.45, 7) is 1.07. The number of carbonyl (C=O) groups excluding carboxylic acids is 1. The van der Waals surface area contributed by atoms with E-state index in [9.17, 15) is 17.6 Å². The molecule has 2 aromatic carbocycles. The quantitative estimate of drug-likeness (QED) is 0.719. The molecule has 0 unspecified atom stereocenters. The molecule has 0 aliphatic carbocycles. The van der Waals surface area contributed by atoms with Crippen molar-refractivity contribution in [3.8, 4) is 5.75 Å². The van der Waals surface area contributed by atoms with Gasteiger partial charge in [-0.1, -0.05) is 18.6 Å².